The van der Waals surface area contributed by atoms with Crippen molar-refractivity contribution in [1.82, 2.24) is 0 Å². The molecule has 2 N–H and O–H groups in total. The summed E-state index contributed by atoms with van der Waals surface area (Å²) < 4.78 is 0. The van der Waals surface area contributed by atoms with Gasteiger partial charge in [0, 0.05) is 11.1 Å². The molecule has 2 unspecified atom stereocenters. The Hall–Kier alpha value is -2.13. The van der Waals surface area contributed by atoms with Crippen molar-refractivity contribution in [3.63, 3.8) is 0 Å². The lowest BCUT2D eigenvalue weighted by molar-refractivity contribution is 0.469. The SMILES string of the molecule is C=CC(SC(C=C)c1ccccc1O)c1ccccc1O. The molecule has 2 nitrogen and oxygen atoms in total. The van der Waals surface area contributed by atoms with Gasteiger partial charge in [0.15, 0.2) is 0 Å². The Morgan fingerprint density at radius 2 is 1.14 bits per heavy atom. The fraction of sp³-hybridized carbons (Fsp3) is 0.111. The van der Waals surface area contributed by atoms with Gasteiger partial charge in [-0.1, -0.05) is 48.6 Å². The molecule has 3 heteroatoms. The van der Waals surface area contributed by atoms with Crippen LogP contribution in [0.1, 0.15) is 21.6 Å². The number of hydrogen-bond acceptors (Lipinski definition) is 3. The molecule has 0 radical (unpaired) electrons. The first-order valence-electron chi connectivity index (χ1n) is 6.63. The van der Waals surface area contributed by atoms with Gasteiger partial charge in [0.25, 0.3) is 0 Å². The molecule has 2 rings (SSSR count). The second-order valence-corrected chi connectivity index (χ2v) is 5.85. The van der Waals surface area contributed by atoms with E-state index < -0.39 is 0 Å². The van der Waals surface area contributed by atoms with Crippen LogP contribution in [0, 0.1) is 0 Å². The molecule has 0 saturated heterocycles. The fourth-order valence-electron chi connectivity index (χ4n) is 2.13. The summed E-state index contributed by atoms with van der Waals surface area (Å²) in [6, 6.07) is 14.4. The van der Waals surface area contributed by atoms with Crippen LogP contribution in [0.5, 0.6) is 11.5 Å². The van der Waals surface area contributed by atoms with Crippen LogP contribution in [0.4, 0.5) is 0 Å². The van der Waals surface area contributed by atoms with Gasteiger partial charge in [-0.15, -0.1) is 24.9 Å². The van der Waals surface area contributed by atoms with E-state index in [0.29, 0.717) is 0 Å². The first kappa shape index (κ1) is 15.3. The molecule has 0 saturated carbocycles. The van der Waals surface area contributed by atoms with Crippen LogP contribution in [0.2, 0.25) is 0 Å². The van der Waals surface area contributed by atoms with Gasteiger partial charge in [0.2, 0.25) is 0 Å². The lowest BCUT2D eigenvalue weighted by Crippen LogP contribution is -1.97. The third kappa shape index (κ3) is 3.50. The topological polar surface area (TPSA) is 40.5 Å². The average Bonchev–Trinajstić information content (AvgIpc) is 2.51. The maximum Gasteiger partial charge on any atom is 0.120 e. The predicted octanol–water partition coefficient (Wildman–Crippen LogP) is 4.99. The van der Waals surface area contributed by atoms with Crippen LogP contribution in [-0.4, -0.2) is 10.2 Å². The second kappa shape index (κ2) is 7.04. The zero-order valence-corrected chi connectivity index (χ0v) is 12.5. The van der Waals surface area contributed by atoms with Crippen LogP contribution >= 0.6 is 11.8 Å². The van der Waals surface area contributed by atoms with E-state index in [4.69, 9.17) is 0 Å². The third-order valence-electron chi connectivity index (χ3n) is 3.21. The van der Waals surface area contributed by atoms with Gasteiger partial charge in [0.1, 0.15) is 11.5 Å². The number of phenolic OH excluding ortho intramolecular Hbond substituents is 2. The van der Waals surface area contributed by atoms with Crippen molar-refractivity contribution >= 4 is 11.8 Å². The summed E-state index contributed by atoms with van der Waals surface area (Å²) in [6.07, 6.45) is 3.58. The molecule has 0 aliphatic carbocycles. The summed E-state index contributed by atoms with van der Waals surface area (Å²) in [5.41, 5.74) is 1.61. The maximum atomic E-state index is 9.99. The standard InChI is InChI=1S/C18H18O2S/c1-3-17(13-9-5-7-11-15(13)19)21-18(4-2)14-10-6-8-12-16(14)20/h3-12,17-20H,1-2H2. The van der Waals surface area contributed by atoms with Crippen molar-refractivity contribution < 1.29 is 10.2 Å². The number of aromatic hydroxyl groups is 2. The lowest BCUT2D eigenvalue weighted by Gasteiger charge is -2.20. The normalized spacial score (nSPS) is 13.3. The van der Waals surface area contributed by atoms with E-state index >= 15 is 0 Å². The number of phenols is 2. The molecule has 2 aromatic carbocycles. The number of thioether (sulfide) groups is 1. The highest BCUT2D eigenvalue weighted by Crippen LogP contribution is 2.45. The van der Waals surface area contributed by atoms with E-state index in [1.165, 1.54) is 0 Å². The molecule has 0 spiro atoms. The first-order chi connectivity index (χ1) is 10.2. The molecule has 0 amide bonds. The van der Waals surface area contributed by atoms with Gasteiger partial charge in [-0.05, 0) is 12.1 Å². The van der Waals surface area contributed by atoms with Gasteiger partial charge in [-0.3, -0.25) is 0 Å². The molecule has 2 aromatic rings. The zero-order chi connectivity index (χ0) is 15.2. The summed E-state index contributed by atoms with van der Waals surface area (Å²) in [7, 11) is 0. The summed E-state index contributed by atoms with van der Waals surface area (Å²) in [4.78, 5) is 0. The average molecular weight is 298 g/mol. The molecular weight excluding hydrogens is 280 g/mol. The Labute approximate surface area is 129 Å². The molecule has 0 heterocycles. The van der Waals surface area contributed by atoms with Gasteiger partial charge in [-0.25, -0.2) is 0 Å². The van der Waals surface area contributed by atoms with Crippen molar-refractivity contribution in [2.24, 2.45) is 0 Å². The largest absolute Gasteiger partial charge is 0.508 e. The number of para-hydroxylation sites is 2. The number of hydrogen-bond donors (Lipinski definition) is 2. The minimum Gasteiger partial charge on any atom is -0.508 e. The van der Waals surface area contributed by atoms with Crippen LogP contribution in [0.3, 0.4) is 0 Å². The summed E-state index contributed by atoms with van der Waals surface area (Å²) in [5, 5.41) is 19.8. The van der Waals surface area contributed by atoms with Crippen molar-refractivity contribution in [2.45, 2.75) is 10.5 Å². The highest BCUT2D eigenvalue weighted by molar-refractivity contribution is 8.00. The molecule has 2 atom stereocenters. The zero-order valence-electron chi connectivity index (χ0n) is 11.6. The van der Waals surface area contributed by atoms with Crippen LogP contribution in [0.25, 0.3) is 0 Å². The van der Waals surface area contributed by atoms with Gasteiger partial charge >= 0.3 is 0 Å². The Morgan fingerprint density at radius 1 is 0.762 bits per heavy atom. The Morgan fingerprint density at radius 3 is 1.48 bits per heavy atom. The second-order valence-electron chi connectivity index (χ2n) is 4.57. The van der Waals surface area contributed by atoms with E-state index in [1.807, 2.05) is 24.3 Å². The van der Waals surface area contributed by atoms with E-state index in [-0.39, 0.29) is 22.0 Å². The molecular formula is C18H18O2S. The van der Waals surface area contributed by atoms with Gasteiger partial charge < -0.3 is 10.2 Å². The third-order valence-corrected chi connectivity index (χ3v) is 4.69. The van der Waals surface area contributed by atoms with Gasteiger partial charge in [-0.2, -0.15) is 0 Å². The highest BCUT2D eigenvalue weighted by atomic mass is 32.2. The molecule has 0 aliphatic heterocycles. The Kier molecular flexibility index (Phi) is 5.12. The lowest BCUT2D eigenvalue weighted by atomic mass is 10.1. The number of benzene rings is 2. The van der Waals surface area contributed by atoms with Crippen molar-refractivity contribution in [2.75, 3.05) is 0 Å². The predicted molar refractivity (Wildman–Crippen MR) is 89.7 cm³/mol. The van der Waals surface area contributed by atoms with Crippen molar-refractivity contribution in [3.05, 3.63) is 85.0 Å². The monoisotopic (exact) mass is 298 g/mol. The summed E-state index contributed by atoms with van der Waals surface area (Å²) >= 11 is 1.57. The molecule has 0 bridgehead atoms. The van der Waals surface area contributed by atoms with Crippen molar-refractivity contribution in [3.8, 4) is 11.5 Å². The Bertz CT molecular complexity index is 581. The van der Waals surface area contributed by atoms with E-state index in [0.717, 1.165) is 11.1 Å². The van der Waals surface area contributed by atoms with E-state index in [1.54, 1.807) is 48.2 Å². The first-order valence-corrected chi connectivity index (χ1v) is 7.58. The molecule has 0 aliphatic rings. The quantitative estimate of drug-likeness (QED) is 0.738. The van der Waals surface area contributed by atoms with Crippen molar-refractivity contribution in [1.29, 1.82) is 0 Å². The van der Waals surface area contributed by atoms with Gasteiger partial charge in [0.05, 0.1) is 10.5 Å². The van der Waals surface area contributed by atoms with E-state index in [2.05, 4.69) is 13.2 Å². The van der Waals surface area contributed by atoms with Crippen LogP contribution < -0.4 is 0 Å². The Balaban J connectivity index is 2.29. The minimum absolute atomic E-state index is 0.0891. The highest BCUT2D eigenvalue weighted by Gasteiger charge is 2.19. The maximum absolute atomic E-state index is 9.99. The molecule has 21 heavy (non-hydrogen) atoms. The van der Waals surface area contributed by atoms with Crippen LogP contribution in [0.15, 0.2) is 73.8 Å². The molecule has 108 valence electrons. The molecule has 0 aromatic heterocycles. The minimum atomic E-state index is -0.0891. The van der Waals surface area contributed by atoms with E-state index in [9.17, 15) is 10.2 Å². The smallest absolute Gasteiger partial charge is 0.120 e. The summed E-state index contributed by atoms with van der Waals surface area (Å²) in [5.74, 6) is 0.491. The molecule has 0 fully saturated rings. The van der Waals surface area contributed by atoms with Crippen LogP contribution in [-0.2, 0) is 0 Å². The summed E-state index contributed by atoms with van der Waals surface area (Å²) in [6.45, 7) is 7.71. The fourth-order valence-corrected chi connectivity index (χ4v) is 3.36. The number of rotatable bonds is 6.